The fourth-order valence-electron chi connectivity index (χ4n) is 0.633. The van der Waals surface area contributed by atoms with Crippen LogP contribution in [0.4, 0.5) is 5.82 Å². The summed E-state index contributed by atoms with van der Waals surface area (Å²) in [5, 5.41) is 10.1. The number of hydrogen-bond donors (Lipinski definition) is 1. The van der Waals surface area contributed by atoms with Gasteiger partial charge < -0.3 is 10.1 Å². The van der Waals surface area contributed by atoms with Crippen LogP contribution < -0.4 is 0 Å². The zero-order chi connectivity index (χ0) is 10.1. The minimum atomic E-state index is -4.33. The largest absolute Gasteiger partial charge is 0.363 e. The molecule has 1 N–H and O–H groups in total. The van der Waals surface area contributed by atoms with Crippen LogP contribution in [0.25, 0.3) is 0 Å². The van der Waals surface area contributed by atoms with E-state index in [1.54, 1.807) is 0 Å². The van der Waals surface area contributed by atoms with Gasteiger partial charge in [0.15, 0.2) is 6.20 Å². The summed E-state index contributed by atoms with van der Waals surface area (Å²) in [5.41, 5.74) is 0. The first-order valence-corrected chi connectivity index (χ1v) is 4.43. The van der Waals surface area contributed by atoms with Gasteiger partial charge in [-0.25, -0.2) is 0 Å². The van der Waals surface area contributed by atoms with Crippen LogP contribution in [0, 0.1) is 10.1 Å². The molecule has 0 amide bonds. The Labute approximate surface area is 72.9 Å². The first-order valence-electron chi connectivity index (χ1n) is 2.99. The lowest BCUT2D eigenvalue weighted by molar-refractivity contribution is -0.389. The maximum absolute atomic E-state index is 10.5. The second-order valence-electron chi connectivity index (χ2n) is 2.08. The topological polar surface area (TPSA) is 110 Å². The molecule has 1 rings (SSSR count). The summed E-state index contributed by atoms with van der Waals surface area (Å²) in [6.45, 7) is 0. The van der Waals surface area contributed by atoms with Gasteiger partial charge in [-0.3, -0.25) is 4.55 Å². The van der Waals surface area contributed by atoms with Gasteiger partial charge in [-0.05, 0) is 16.0 Å². The third kappa shape index (κ3) is 2.20. The average molecular weight is 204 g/mol. The highest BCUT2D eigenvalue weighted by Gasteiger charge is 2.14. The quantitative estimate of drug-likeness (QED) is 0.419. The fourth-order valence-corrected chi connectivity index (χ4v) is 1.06. The maximum Gasteiger partial charge on any atom is 0.363 e. The van der Waals surface area contributed by atoms with E-state index in [4.69, 9.17) is 4.55 Å². The normalized spacial score (nSPS) is 11.2. The van der Waals surface area contributed by atoms with Crippen molar-refractivity contribution in [2.24, 2.45) is 0 Å². The van der Waals surface area contributed by atoms with E-state index in [2.05, 4.69) is 4.98 Å². The van der Waals surface area contributed by atoms with Crippen molar-refractivity contribution in [3.63, 3.8) is 0 Å². The zero-order valence-electron chi connectivity index (χ0n) is 6.11. The van der Waals surface area contributed by atoms with Gasteiger partial charge >= 0.3 is 5.82 Å². The number of aromatic nitrogens is 1. The highest BCUT2D eigenvalue weighted by molar-refractivity contribution is 7.85. The molecule has 0 bridgehead atoms. The van der Waals surface area contributed by atoms with Gasteiger partial charge in [0.1, 0.15) is 4.90 Å². The van der Waals surface area contributed by atoms with Crippen molar-refractivity contribution >= 4 is 15.9 Å². The number of hydrogen-bond acceptors (Lipinski definition) is 5. The Morgan fingerprint density at radius 1 is 1.46 bits per heavy atom. The minimum absolute atomic E-state index is 0.474. The standard InChI is InChI=1S/C5H4N2O5S/c8-7(9)5-2-1-4(3-6-5)13(10,11)12/h1-3H,(H,10,11,12). The number of nitrogens with zero attached hydrogens (tertiary/aromatic N) is 2. The Balaban J connectivity index is 3.16. The number of pyridine rings is 1. The van der Waals surface area contributed by atoms with E-state index >= 15 is 0 Å². The Bertz CT molecular complexity index is 423. The molecule has 70 valence electrons. The van der Waals surface area contributed by atoms with Crippen LogP contribution in [0.1, 0.15) is 0 Å². The van der Waals surface area contributed by atoms with Gasteiger partial charge in [0.05, 0.1) is 0 Å². The van der Waals surface area contributed by atoms with E-state index in [-0.39, 0.29) is 0 Å². The number of rotatable bonds is 2. The molecule has 0 atom stereocenters. The van der Waals surface area contributed by atoms with Gasteiger partial charge in [0.25, 0.3) is 10.1 Å². The van der Waals surface area contributed by atoms with Gasteiger partial charge in [-0.2, -0.15) is 8.42 Å². The van der Waals surface area contributed by atoms with Crippen LogP contribution >= 0.6 is 0 Å². The summed E-state index contributed by atoms with van der Waals surface area (Å²) in [6.07, 6.45) is 0.716. The first kappa shape index (κ1) is 9.55. The first-order chi connectivity index (χ1) is 5.91. The molecule has 0 fully saturated rings. The van der Waals surface area contributed by atoms with E-state index in [1.165, 1.54) is 0 Å². The number of nitro groups is 1. The molecule has 0 unspecified atom stereocenters. The molecule has 0 radical (unpaired) electrons. The molecule has 1 heterocycles. The lowest BCUT2D eigenvalue weighted by atomic mass is 10.5. The molecule has 13 heavy (non-hydrogen) atoms. The third-order valence-corrected chi connectivity index (χ3v) is 2.04. The lowest BCUT2D eigenvalue weighted by Gasteiger charge is -1.93. The van der Waals surface area contributed by atoms with Gasteiger partial charge in [-0.1, -0.05) is 0 Å². The maximum atomic E-state index is 10.5. The summed E-state index contributed by atoms with van der Waals surface area (Å²) in [7, 11) is -4.33. The molecule has 0 aliphatic carbocycles. The Kier molecular flexibility index (Phi) is 2.26. The molecule has 0 aliphatic heterocycles. The van der Waals surface area contributed by atoms with Crippen LogP contribution in [0.15, 0.2) is 23.2 Å². The zero-order valence-corrected chi connectivity index (χ0v) is 6.93. The second-order valence-corrected chi connectivity index (χ2v) is 3.51. The molecule has 7 nitrogen and oxygen atoms in total. The van der Waals surface area contributed by atoms with Crippen LogP contribution in [-0.4, -0.2) is 22.9 Å². The summed E-state index contributed by atoms with van der Waals surface area (Å²) < 4.78 is 29.4. The van der Waals surface area contributed by atoms with Crippen molar-refractivity contribution in [2.45, 2.75) is 4.90 Å². The van der Waals surface area contributed by atoms with Crippen LogP contribution in [0.3, 0.4) is 0 Å². The SMILES string of the molecule is O=[N+]([O-])c1ccc(S(=O)(=O)O)cn1. The molecular weight excluding hydrogens is 200 g/mol. The Morgan fingerprint density at radius 2 is 2.08 bits per heavy atom. The Hall–Kier alpha value is -1.54. The van der Waals surface area contributed by atoms with Crippen LogP contribution in [-0.2, 0) is 10.1 Å². The molecule has 8 heteroatoms. The van der Waals surface area contributed by atoms with E-state index < -0.39 is 25.8 Å². The summed E-state index contributed by atoms with van der Waals surface area (Å²) in [4.78, 5) is 12.1. The molecule has 1 aromatic rings. The van der Waals surface area contributed by atoms with Crippen molar-refractivity contribution in [1.29, 1.82) is 0 Å². The second kappa shape index (κ2) is 3.07. The van der Waals surface area contributed by atoms with E-state index in [0.29, 0.717) is 6.20 Å². The monoisotopic (exact) mass is 204 g/mol. The van der Waals surface area contributed by atoms with Crippen LogP contribution in [0.5, 0.6) is 0 Å². The van der Waals surface area contributed by atoms with E-state index in [9.17, 15) is 18.5 Å². The smallest absolute Gasteiger partial charge is 0.358 e. The van der Waals surface area contributed by atoms with Crippen molar-refractivity contribution in [1.82, 2.24) is 4.98 Å². The van der Waals surface area contributed by atoms with Gasteiger partial charge in [0.2, 0.25) is 0 Å². The molecule has 0 aliphatic rings. The summed E-state index contributed by atoms with van der Waals surface area (Å²) in [5.74, 6) is -0.479. The van der Waals surface area contributed by atoms with Crippen molar-refractivity contribution in [2.75, 3.05) is 0 Å². The average Bonchev–Trinajstić information content (AvgIpc) is 2.03. The molecule has 0 spiro atoms. The predicted molar refractivity (Wildman–Crippen MR) is 40.7 cm³/mol. The summed E-state index contributed by atoms with van der Waals surface area (Å²) in [6, 6.07) is 1.80. The van der Waals surface area contributed by atoms with Crippen molar-refractivity contribution in [3.05, 3.63) is 28.4 Å². The fraction of sp³-hybridized carbons (Fsp3) is 0. The van der Waals surface area contributed by atoms with Crippen LogP contribution in [0.2, 0.25) is 0 Å². The van der Waals surface area contributed by atoms with Crippen molar-refractivity contribution < 1.29 is 17.9 Å². The highest BCUT2D eigenvalue weighted by Crippen LogP contribution is 2.11. The molecule has 1 aromatic heterocycles. The molecular formula is C5H4N2O5S. The van der Waals surface area contributed by atoms with E-state index in [1.807, 2.05) is 0 Å². The van der Waals surface area contributed by atoms with E-state index in [0.717, 1.165) is 12.1 Å². The highest BCUT2D eigenvalue weighted by atomic mass is 32.2. The minimum Gasteiger partial charge on any atom is -0.358 e. The van der Waals surface area contributed by atoms with Crippen molar-refractivity contribution in [3.8, 4) is 0 Å². The van der Waals surface area contributed by atoms with Gasteiger partial charge in [0, 0.05) is 6.07 Å². The summed E-state index contributed by atoms with van der Waals surface area (Å²) >= 11 is 0. The Morgan fingerprint density at radius 3 is 2.38 bits per heavy atom. The third-order valence-electron chi connectivity index (χ3n) is 1.21. The van der Waals surface area contributed by atoms with Gasteiger partial charge in [-0.15, -0.1) is 0 Å². The molecule has 0 saturated carbocycles. The predicted octanol–water partition coefficient (Wildman–Crippen LogP) is 0.236. The molecule has 0 saturated heterocycles. The molecule has 0 aromatic carbocycles. The lowest BCUT2D eigenvalue weighted by Crippen LogP contribution is -1.99.